The molecule has 0 bridgehead atoms. The fourth-order valence-corrected chi connectivity index (χ4v) is 6.96. The number of aliphatic hydroxyl groups is 1. The zero-order valence-electron chi connectivity index (χ0n) is 18.8. The molecule has 2 aliphatic carbocycles. The summed E-state index contributed by atoms with van der Waals surface area (Å²) >= 11 is 2.47. The number of aliphatic hydroxyl groups excluding tert-OH is 1. The van der Waals surface area contributed by atoms with Crippen molar-refractivity contribution in [3.8, 4) is 0 Å². The molecular weight excluding hydrogens is 477 g/mol. The van der Waals surface area contributed by atoms with E-state index in [1.54, 1.807) is 0 Å². The van der Waals surface area contributed by atoms with Crippen LogP contribution in [0.4, 0.5) is 0 Å². The van der Waals surface area contributed by atoms with Crippen LogP contribution in [-0.4, -0.2) is 18.4 Å². The largest absolute Gasteiger partial charge is 0.410 e. The van der Waals surface area contributed by atoms with Crippen molar-refractivity contribution in [2.24, 2.45) is 5.41 Å². The van der Waals surface area contributed by atoms with E-state index in [1.807, 2.05) is 0 Å². The first-order valence-electron chi connectivity index (χ1n) is 10.9. The molecule has 0 unspecified atom stereocenters. The Morgan fingerprint density at radius 2 is 1.82 bits per heavy atom. The van der Waals surface area contributed by atoms with Gasteiger partial charge in [-0.1, -0.05) is 47.5 Å². The van der Waals surface area contributed by atoms with Crippen molar-refractivity contribution in [3.05, 3.63) is 26.1 Å². The molecule has 0 aromatic carbocycles. The quantitative estimate of drug-likeness (QED) is 0.352. The molecule has 1 aromatic rings. The molecular formula is C23H38INO2Si. The molecule has 1 atom stereocenters. The molecule has 0 spiro atoms. The van der Waals surface area contributed by atoms with Crippen LogP contribution in [0, 0.1) is 8.99 Å². The van der Waals surface area contributed by atoms with Gasteiger partial charge in [0.1, 0.15) is 0 Å². The van der Waals surface area contributed by atoms with E-state index >= 15 is 0 Å². The Kier molecular flexibility index (Phi) is 6.43. The van der Waals surface area contributed by atoms with E-state index in [2.05, 4.69) is 70.3 Å². The topological polar surface area (TPSA) is 42.4 Å². The number of rotatable bonds is 4. The molecule has 0 saturated heterocycles. The molecule has 0 radical (unpaired) electrons. The molecule has 1 heterocycles. The first-order valence-corrected chi connectivity index (χ1v) is 14.8. The van der Waals surface area contributed by atoms with E-state index in [9.17, 15) is 5.11 Å². The third kappa shape index (κ3) is 4.37. The van der Waals surface area contributed by atoms with Gasteiger partial charge < -0.3 is 9.53 Å². The summed E-state index contributed by atoms with van der Waals surface area (Å²) in [6.45, 7) is 16.4. The number of hydrogen-bond acceptors (Lipinski definition) is 3. The second-order valence-corrected chi connectivity index (χ2v) is 17.0. The zero-order chi connectivity index (χ0) is 20.9. The predicted octanol–water partition coefficient (Wildman–Crippen LogP) is 6.87. The van der Waals surface area contributed by atoms with Crippen molar-refractivity contribution >= 4 is 30.9 Å². The Morgan fingerprint density at radius 1 is 1.21 bits per heavy atom. The average molecular weight is 516 g/mol. The Bertz CT molecular complexity index is 733. The van der Waals surface area contributed by atoms with Crippen molar-refractivity contribution in [1.82, 2.24) is 4.98 Å². The molecule has 0 aliphatic heterocycles. The number of pyridine rings is 1. The highest BCUT2D eigenvalue weighted by molar-refractivity contribution is 14.1. The van der Waals surface area contributed by atoms with Crippen LogP contribution in [-0.2, 0) is 17.5 Å². The van der Waals surface area contributed by atoms with Crippen LogP contribution in [0.3, 0.4) is 0 Å². The Balaban J connectivity index is 2.10. The highest BCUT2D eigenvalue weighted by Gasteiger charge is 2.44. The number of fused-ring (bicyclic) bond motifs is 1. The van der Waals surface area contributed by atoms with Crippen LogP contribution < -0.4 is 0 Å². The van der Waals surface area contributed by atoms with Crippen molar-refractivity contribution < 1.29 is 9.53 Å². The first-order chi connectivity index (χ1) is 12.9. The van der Waals surface area contributed by atoms with Gasteiger partial charge in [-0.25, -0.2) is 0 Å². The van der Waals surface area contributed by atoms with E-state index in [0.29, 0.717) is 5.92 Å². The van der Waals surface area contributed by atoms with Gasteiger partial charge in [-0.2, -0.15) is 0 Å². The van der Waals surface area contributed by atoms with E-state index in [-0.39, 0.29) is 23.2 Å². The fraction of sp³-hybridized carbons (Fsp3) is 0.783. The van der Waals surface area contributed by atoms with Crippen LogP contribution in [0.5, 0.6) is 0 Å². The summed E-state index contributed by atoms with van der Waals surface area (Å²) in [5.74, 6) is 0.519. The number of hydrogen-bond donors (Lipinski definition) is 1. The maximum Gasteiger partial charge on any atom is 0.192 e. The van der Waals surface area contributed by atoms with Gasteiger partial charge in [0.15, 0.2) is 8.32 Å². The van der Waals surface area contributed by atoms with Gasteiger partial charge in [0, 0.05) is 26.3 Å². The third-order valence-electron chi connectivity index (χ3n) is 7.23. The second-order valence-electron chi connectivity index (χ2n) is 11.2. The first kappa shape index (κ1) is 22.7. The van der Waals surface area contributed by atoms with Crippen LogP contribution >= 0.6 is 22.6 Å². The summed E-state index contributed by atoms with van der Waals surface area (Å²) in [6, 6.07) is 0. The predicted molar refractivity (Wildman–Crippen MR) is 127 cm³/mol. The van der Waals surface area contributed by atoms with Crippen molar-refractivity contribution in [2.75, 3.05) is 0 Å². The van der Waals surface area contributed by atoms with Crippen LogP contribution in [0.1, 0.15) is 101 Å². The lowest BCUT2D eigenvalue weighted by molar-refractivity contribution is 0.105. The highest BCUT2D eigenvalue weighted by atomic mass is 127. The lowest BCUT2D eigenvalue weighted by atomic mass is 9.74. The molecule has 1 saturated carbocycles. The lowest BCUT2D eigenvalue weighted by Crippen LogP contribution is -2.44. The third-order valence-corrected chi connectivity index (χ3v) is 12.9. The van der Waals surface area contributed by atoms with E-state index < -0.39 is 8.32 Å². The van der Waals surface area contributed by atoms with Gasteiger partial charge in [0.25, 0.3) is 0 Å². The highest BCUT2D eigenvalue weighted by Crippen LogP contribution is 2.49. The SMILES string of the molecule is CC1(C)Cc2nc(C3CCCC3)c(CO)c(I)c2[C@@H](O[Si](C)(C)C(C)(C)C)C1. The molecule has 1 N–H and O–H groups in total. The number of halogens is 1. The average Bonchev–Trinajstić information content (AvgIpc) is 3.05. The van der Waals surface area contributed by atoms with Gasteiger partial charge in [0.2, 0.25) is 0 Å². The summed E-state index contributed by atoms with van der Waals surface area (Å²) < 4.78 is 8.18. The Hall–Kier alpha value is 0.0169. The van der Waals surface area contributed by atoms with Crippen molar-refractivity contribution in [3.63, 3.8) is 0 Å². The summed E-state index contributed by atoms with van der Waals surface area (Å²) in [5.41, 5.74) is 4.92. The summed E-state index contributed by atoms with van der Waals surface area (Å²) in [6.07, 6.45) is 7.10. The Labute approximate surface area is 186 Å². The standard InChI is InChI=1S/C23H38INO2Si/c1-22(2,3)28(6,7)27-18-13-23(4,5)12-17-19(18)20(24)16(14-26)21(25-17)15-10-8-9-11-15/h15,18,26H,8-14H2,1-7H3/t18-/m0/s1. The normalized spacial score (nSPS) is 23.1. The van der Waals surface area contributed by atoms with Gasteiger partial charge in [-0.05, 0) is 71.8 Å². The van der Waals surface area contributed by atoms with Crippen LogP contribution in [0.2, 0.25) is 18.1 Å². The summed E-state index contributed by atoms with van der Waals surface area (Å²) in [5, 5.41) is 10.4. The Morgan fingerprint density at radius 3 is 2.36 bits per heavy atom. The molecule has 158 valence electrons. The summed E-state index contributed by atoms with van der Waals surface area (Å²) in [7, 11) is -1.91. The van der Waals surface area contributed by atoms with Crippen molar-refractivity contribution in [2.45, 2.75) is 110 Å². The fourth-order valence-electron chi connectivity index (χ4n) is 4.59. The zero-order valence-corrected chi connectivity index (χ0v) is 21.9. The van der Waals surface area contributed by atoms with Gasteiger partial charge >= 0.3 is 0 Å². The molecule has 1 fully saturated rings. The maximum absolute atomic E-state index is 10.2. The smallest absolute Gasteiger partial charge is 0.192 e. The minimum Gasteiger partial charge on any atom is -0.410 e. The van der Waals surface area contributed by atoms with Crippen molar-refractivity contribution in [1.29, 1.82) is 0 Å². The van der Waals surface area contributed by atoms with Gasteiger partial charge in [-0.15, -0.1) is 0 Å². The minimum absolute atomic E-state index is 0.0839. The minimum atomic E-state index is -1.91. The van der Waals surface area contributed by atoms with E-state index in [4.69, 9.17) is 9.41 Å². The molecule has 5 heteroatoms. The van der Waals surface area contributed by atoms with Gasteiger partial charge in [-0.3, -0.25) is 4.98 Å². The molecule has 1 aromatic heterocycles. The molecule has 28 heavy (non-hydrogen) atoms. The maximum atomic E-state index is 10.2. The lowest BCUT2D eigenvalue weighted by Gasteiger charge is -2.44. The monoisotopic (exact) mass is 515 g/mol. The number of aromatic nitrogens is 1. The van der Waals surface area contributed by atoms with Crippen LogP contribution in [0.15, 0.2) is 0 Å². The molecule has 3 nitrogen and oxygen atoms in total. The molecule has 3 rings (SSSR count). The number of nitrogens with zero attached hydrogens (tertiary/aromatic N) is 1. The second kappa shape index (κ2) is 7.93. The van der Waals surface area contributed by atoms with Crippen LogP contribution in [0.25, 0.3) is 0 Å². The van der Waals surface area contributed by atoms with Gasteiger partial charge in [0.05, 0.1) is 18.4 Å². The summed E-state index contributed by atoms with van der Waals surface area (Å²) in [4.78, 5) is 5.24. The van der Waals surface area contributed by atoms with E-state index in [1.165, 1.54) is 46.2 Å². The molecule has 2 aliphatic rings. The molecule has 0 amide bonds. The van der Waals surface area contributed by atoms with E-state index in [0.717, 1.165) is 18.4 Å².